The van der Waals surface area contributed by atoms with Gasteiger partial charge in [-0.1, -0.05) is 58.4 Å². The molecule has 29 heavy (non-hydrogen) atoms. The maximum atomic E-state index is 11.9. The van der Waals surface area contributed by atoms with E-state index in [1.54, 1.807) is 18.0 Å². The van der Waals surface area contributed by atoms with Crippen LogP contribution in [0.3, 0.4) is 0 Å². The topological polar surface area (TPSA) is 50.7 Å². The highest BCUT2D eigenvalue weighted by Gasteiger charge is 2.01. The average Bonchev–Trinajstić information content (AvgIpc) is 2.74. The molecule has 0 heterocycles. The SMILES string of the molecule is O=C(CSCc1cccc(Br)c1)NN=Cc1ccc(OCc2ccccc2)cc1. The Hall–Kier alpha value is -2.57. The molecular weight excluding hydrogens is 448 g/mol. The van der Waals surface area contributed by atoms with Gasteiger partial charge in [0.05, 0.1) is 12.0 Å². The third-order valence-corrected chi connectivity index (χ3v) is 5.42. The minimum Gasteiger partial charge on any atom is -0.489 e. The normalized spacial score (nSPS) is 10.8. The Kier molecular flexibility index (Phi) is 8.34. The van der Waals surface area contributed by atoms with Gasteiger partial charge in [-0.3, -0.25) is 4.79 Å². The molecule has 0 radical (unpaired) electrons. The van der Waals surface area contributed by atoms with Gasteiger partial charge >= 0.3 is 0 Å². The Balaban J connectivity index is 1.37. The molecule has 3 rings (SSSR count). The van der Waals surface area contributed by atoms with E-state index < -0.39 is 0 Å². The van der Waals surface area contributed by atoms with E-state index in [-0.39, 0.29) is 5.91 Å². The highest BCUT2D eigenvalue weighted by atomic mass is 79.9. The minimum atomic E-state index is -0.121. The zero-order chi connectivity index (χ0) is 20.3. The number of amides is 1. The van der Waals surface area contributed by atoms with E-state index >= 15 is 0 Å². The lowest BCUT2D eigenvalue weighted by Crippen LogP contribution is -2.19. The van der Waals surface area contributed by atoms with Crippen LogP contribution >= 0.6 is 27.7 Å². The number of benzene rings is 3. The van der Waals surface area contributed by atoms with Gasteiger partial charge in [-0.15, -0.1) is 11.8 Å². The van der Waals surface area contributed by atoms with Gasteiger partial charge in [-0.2, -0.15) is 5.10 Å². The molecule has 0 unspecified atom stereocenters. The molecule has 0 saturated carbocycles. The van der Waals surface area contributed by atoms with Crippen LogP contribution in [0.25, 0.3) is 0 Å². The molecule has 0 aromatic heterocycles. The summed E-state index contributed by atoms with van der Waals surface area (Å²) in [6.07, 6.45) is 1.62. The Bertz CT molecular complexity index is 947. The molecule has 1 amide bonds. The number of nitrogens with zero attached hydrogens (tertiary/aromatic N) is 1. The molecule has 0 aliphatic rings. The number of carbonyl (C=O) groups excluding carboxylic acids is 1. The molecule has 0 atom stereocenters. The van der Waals surface area contributed by atoms with E-state index in [1.807, 2.05) is 72.8 Å². The molecule has 0 bridgehead atoms. The summed E-state index contributed by atoms with van der Waals surface area (Å²) in [5, 5.41) is 4.02. The lowest BCUT2D eigenvalue weighted by molar-refractivity contribution is -0.118. The van der Waals surface area contributed by atoms with Crippen LogP contribution in [0.2, 0.25) is 0 Å². The third kappa shape index (κ3) is 7.75. The molecule has 0 fully saturated rings. The van der Waals surface area contributed by atoms with Crippen LogP contribution in [0.1, 0.15) is 16.7 Å². The summed E-state index contributed by atoms with van der Waals surface area (Å²) in [4.78, 5) is 11.9. The number of rotatable bonds is 9. The van der Waals surface area contributed by atoms with Crippen LogP contribution in [-0.4, -0.2) is 17.9 Å². The molecule has 3 aromatic rings. The zero-order valence-electron chi connectivity index (χ0n) is 15.8. The van der Waals surface area contributed by atoms with E-state index in [9.17, 15) is 4.79 Å². The summed E-state index contributed by atoms with van der Waals surface area (Å²) >= 11 is 5.00. The standard InChI is InChI=1S/C23H21BrN2O2S/c24-21-8-4-7-20(13-21)16-29-17-23(27)26-25-14-18-9-11-22(12-10-18)28-15-19-5-2-1-3-6-19/h1-14H,15-17H2,(H,26,27). The van der Waals surface area contributed by atoms with Crippen molar-refractivity contribution in [2.24, 2.45) is 5.10 Å². The first kappa shape index (κ1) is 21.1. The second kappa shape index (κ2) is 11.4. The van der Waals surface area contributed by atoms with E-state index in [0.29, 0.717) is 12.4 Å². The molecule has 4 nitrogen and oxygen atoms in total. The van der Waals surface area contributed by atoms with Gasteiger partial charge in [0.15, 0.2) is 0 Å². The molecule has 1 N–H and O–H groups in total. The van der Waals surface area contributed by atoms with E-state index in [0.717, 1.165) is 27.1 Å². The molecule has 6 heteroatoms. The molecule has 0 spiro atoms. The van der Waals surface area contributed by atoms with Crippen LogP contribution in [0.4, 0.5) is 0 Å². The van der Waals surface area contributed by atoms with Crippen LogP contribution in [0.5, 0.6) is 5.75 Å². The van der Waals surface area contributed by atoms with Crippen molar-refractivity contribution in [2.45, 2.75) is 12.4 Å². The first-order chi connectivity index (χ1) is 14.2. The van der Waals surface area contributed by atoms with Gasteiger partial charge in [0.25, 0.3) is 0 Å². The lowest BCUT2D eigenvalue weighted by atomic mass is 10.2. The highest BCUT2D eigenvalue weighted by molar-refractivity contribution is 9.10. The van der Waals surface area contributed by atoms with E-state index in [4.69, 9.17) is 4.74 Å². The zero-order valence-corrected chi connectivity index (χ0v) is 18.2. The van der Waals surface area contributed by atoms with Crippen molar-refractivity contribution < 1.29 is 9.53 Å². The maximum absolute atomic E-state index is 11.9. The van der Waals surface area contributed by atoms with E-state index in [1.165, 1.54) is 5.56 Å². The molecule has 0 aliphatic carbocycles. The molecular formula is C23H21BrN2O2S. The first-order valence-corrected chi connectivity index (χ1v) is 11.0. The summed E-state index contributed by atoms with van der Waals surface area (Å²) in [5.41, 5.74) is 5.75. The van der Waals surface area contributed by atoms with Crippen molar-refractivity contribution in [3.05, 3.63) is 100 Å². The average molecular weight is 469 g/mol. The smallest absolute Gasteiger partial charge is 0.250 e. The fourth-order valence-electron chi connectivity index (χ4n) is 2.49. The van der Waals surface area contributed by atoms with Crippen molar-refractivity contribution >= 4 is 39.8 Å². The van der Waals surface area contributed by atoms with Crippen LogP contribution in [0, 0.1) is 0 Å². The van der Waals surface area contributed by atoms with Crippen molar-refractivity contribution in [3.8, 4) is 5.75 Å². The number of hydrogen-bond acceptors (Lipinski definition) is 4. The summed E-state index contributed by atoms with van der Waals surface area (Å²) in [6, 6.07) is 25.7. The summed E-state index contributed by atoms with van der Waals surface area (Å²) in [5.74, 6) is 1.81. The van der Waals surface area contributed by atoms with Gasteiger partial charge in [-0.05, 0) is 53.1 Å². The molecule has 0 saturated heterocycles. The number of hydrogen-bond donors (Lipinski definition) is 1. The molecule has 148 valence electrons. The van der Waals surface area contributed by atoms with Crippen LogP contribution in [0.15, 0.2) is 88.4 Å². The van der Waals surface area contributed by atoms with Gasteiger partial charge in [0, 0.05) is 10.2 Å². The fourth-order valence-corrected chi connectivity index (χ4v) is 3.70. The highest BCUT2D eigenvalue weighted by Crippen LogP contribution is 2.17. The van der Waals surface area contributed by atoms with Crippen molar-refractivity contribution in [1.29, 1.82) is 0 Å². The third-order valence-electron chi connectivity index (χ3n) is 3.92. The summed E-state index contributed by atoms with van der Waals surface area (Å²) in [6.45, 7) is 0.530. The van der Waals surface area contributed by atoms with Gasteiger partial charge < -0.3 is 4.74 Å². The second-order valence-corrected chi connectivity index (χ2v) is 8.16. The monoisotopic (exact) mass is 468 g/mol. The van der Waals surface area contributed by atoms with E-state index in [2.05, 4.69) is 32.5 Å². The summed E-state index contributed by atoms with van der Waals surface area (Å²) < 4.78 is 6.80. The Morgan fingerprint density at radius 3 is 2.52 bits per heavy atom. The number of halogens is 1. The Labute approximate surface area is 183 Å². The fraction of sp³-hybridized carbons (Fsp3) is 0.130. The van der Waals surface area contributed by atoms with Crippen LogP contribution in [-0.2, 0) is 17.2 Å². The maximum Gasteiger partial charge on any atom is 0.250 e. The molecule has 3 aromatic carbocycles. The molecule has 0 aliphatic heterocycles. The quantitative estimate of drug-likeness (QED) is 0.337. The van der Waals surface area contributed by atoms with Crippen molar-refractivity contribution in [3.63, 3.8) is 0 Å². The number of nitrogens with one attached hydrogen (secondary N) is 1. The predicted molar refractivity (Wildman–Crippen MR) is 123 cm³/mol. The van der Waals surface area contributed by atoms with Gasteiger partial charge in [0.1, 0.15) is 12.4 Å². The first-order valence-electron chi connectivity index (χ1n) is 9.10. The predicted octanol–water partition coefficient (Wildman–Crippen LogP) is 5.41. The van der Waals surface area contributed by atoms with Crippen LogP contribution < -0.4 is 10.2 Å². The number of thioether (sulfide) groups is 1. The number of carbonyl (C=O) groups is 1. The largest absolute Gasteiger partial charge is 0.489 e. The Morgan fingerprint density at radius 1 is 1.00 bits per heavy atom. The Morgan fingerprint density at radius 2 is 1.76 bits per heavy atom. The van der Waals surface area contributed by atoms with Crippen molar-refractivity contribution in [1.82, 2.24) is 5.43 Å². The summed E-state index contributed by atoms with van der Waals surface area (Å²) in [7, 11) is 0. The van der Waals surface area contributed by atoms with Crippen molar-refractivity contribution in [2.75, 3.05) is 5.75 Å². The minimum absolute atomic E-state index is 0.121. The second-order valence-electron chi connectivity index (χ2n) is 6.26. The number of ether oxygens (including phenoxy) is 1. The number of hydrazone groups is 1. The van der Waals surface area contributed by atoms with Gasteiger partial charge in [-0.25, -0.2) is 5.43 Å². The lowest BCUT2D eigenvalue weighted by Gasteiger charge is -2.06. The van der Waals surface area contributed by atoms with Gasteiger partial charge in [0.2, 0.25) is 5.91 Å².